The van der Waals surface area contributed by atoms with Gasteiger partial charge in [0.1, 0.15) is 0 Å². The highest BCUT2D eigenvalue weighted by molar-refractivity contribution is 5.91. The van der Waals surface area contributed by atoms with Gasteiger partial charge in [0, 0.05) is 45.0 Å². The number of nitrogens with one attached hydrogen (secondary N) is 1. The average molecular weight is 387 g/mol. The molecular formula is C22H34N4O2. The minimum Gasteiger partial charge on any atom is -0.342 e. The zero-order valence-electron chi connectivity index (χ0n) is 17.5. The Morgan fingerprint density at radius 2 is 1.64 bits per heavy atom. The molecule has 1 aromatic carbocycles. The number of benzene rings is 1. The lowest BCUT2D eigenvalue weighted by molar-refractivity contribution is -0.133. The van der Waals surface area contributed by atoms with E-state index in [9.17, 15) is 9.59 Å². The van der Waals surface area contributed by atoms with Gasteiger partial charge in [-0.05, 0) is 43.2 Å². The average Bonchev–Trinajstić information content (AvgIpc) is 2.70. The van der Waals surface area contributed by atoms with E-state index in [2.05, 4.69) is 30.1 Å². The first-order valence-corrected chi connectivity index (χ1v) is 10.6. The second kappa shape index (κ2) is 9.41. The van der Waals surface area contributed by atoms with Crippen molar-refractivity contribution in [3.8, 4) is 0 Å². The van der Waals surface area contributed by atoms with Crippen LogP contribution in [0.5, 0.6) is 0 Å². The lowest BCUT2D eigenvalue weighted by Crippen LogP contribution is -2.52. The van der Waals surface area contributed by atoms with Gasteiger partial charge in [-0.2, -0.15) is 0 Å². The molecule has 0 spiro atoms. The summed E-state index contributed by atoms with van der Waals surface area (Å²) in [6, 6.07) is 6.11. The maximum Gasteiger partial charge on any atom is 0.321 e. The van der Waals surface area contributed by atoms with Crippen LogP contribution in [0.4, 0.5) is 10.5 Å². The van der Waals surface area contributed by atoms with Crippen LogP contribution in [-0.4, -0.2) is 72.5 Å². The standard InChI is InChI=1S/C22H34N4O2/c1-17(2)19-9-7-8-18(3)21(19)23-22(28)26-14-12-24(13-15-26)16-20(27)25-10-5-4-6-11-25/h7-9,17H,4-6,10-16H2,1-3H3,(H,23,28). The first-order valence-electron chi connectivity index (χ1n) is 10.6. The molecule has 2 aliphatic rings. The summed E-state index contributed by atoms with van der Waals surface area (Å²) in [5.74, 6) is 0.590. The van der Waals surface area contributed by atoms with Crippen LogP contribution in [0.15, 0.2) is 18.2 Å². The van der Waals surface area contributed by atoms with E-state index < -0.39 is 0 Å². The monoisotopic (exact) mass is 386 g/mol. The summed E-state index contributed by atoms with van der Waals surface area (Å²) in [5.41, 5.74) is 3.19. The summed E-state index contributed by atoms with van der Waals surface area (Å²) in [6.07, 6.45) is 3.48. The molecule has 0 saturated carbocycles. The third-order valence-electron chi connectivity index (χ3n) is 5.89. The van der Waals surface area contributed by atoms with Gasteiger partial charge < -0.3 is 15.1 Å². The van der Waals surface area contributed by atoms with E-state index in [-0.39, 0.29) is 11.9 Å². The van der Waals surface area contributed by atoms with Gasteiger partial charge >= 0.3 is 6.03 Å². The Hall–Kier alpha value is -2.08. The maximum absolute atomic E-state index is 12.8. The largest absolute Gasteiger partial charge is 0.342 e. The number of likely N-dealkylation sites (tertiary alicyclic amines) is 1. The molecule has 0 aliphatic carbocycles. The first-order chi connectivity index (χ1) is 13.5. The Balaban J connectivity index is 1.51. The van der Waals surface area contributed by atoms with Crippen molar-refractivity contribution in [3.05, 3.63) is 29.3 Å². The number of hydrogen-bond donors (Lipinski definition) is 1. The van der Waals surface area contributed by atoms with Gasteiger partial charge in [-0.1, -0.05) is 32.0 Å². The number of carbonyl (C=O) groups is 2. The van der Waals surface area contributed by atoms with Crippen molar-refractivity contribution in [1.29, 1.82) is 0 Å². The minimum absolute atomic E-state index is 0.0433. The second-order valence-electron chi connectivity index (χ2n) is 8.33. The first kappa shape index (κ1) is 20.6. The van der Waals surface area contributed by atoms with E-state index in [0.29, 0.717) is 25.6 Å². The van der Waals surface area contributed by atoms with Crippen LogP contribution >= 0.6 is 0 Å². The molecule has 0 bridgehead atoms. The third-order valence-corrected chi connectivity index (χ3v) is 5.89. The highest BCUT2D eigenvalue weighted by atomic mass is 16.2. The highest BCUT2D eigenvalue weighted by Crippen LogP contribution is 2.27. The van der Waals surface area contributed by atoms with Gasteiger partial charge in [0.2, 0.25) is 5.91 Å². The molecule has 0 unspecified atom stereocenters. The SMILES string of the molecule is Cc1cccc(C(C)C)c1NC(=O)N1CCN(CC(=O)N2CCCCC2)CC1. The van der Waals surface area contributed by atoms with Gasteiger partial charge in [-0.3, -0.25) is 9.69 Å². The summed E-state index contributed by atoms with van der Waals surface area (Å²) in [4.78, 5) is 31.3. The summed E-state index contributed by atoms with van der Waals surface area (Å²) in [7, 11) is 0. The molecule has 1 N–H and O–H groups in total. The van der Waals surface area contributed by atoms with Gasteiger partial charge in [-0.25, -0.2) is 4.79 Å². The molecule has 28 heavy (non-hydrogen) atoms. The topological polar surface area (TPSA) is 55.9 Å². The number of para-hydroxylation sites is 1. The summed E-state index contributed by atoms with van der Waals surface area (Å²) >= 11 is 0. The fourth-order valence-corrected chi connectivity index (χ4v) is 4.07. The number of amides is 3. The molecule has 1 aromatic rings. The Morgan fingerprint density at radius 3 is 2.29 bits per heavy atom. The number of urea groups is 1. The van der Waals surface area contributed by atoms with Crippen molar-refractivity contribution >= 4 is 17.6 Å². The van der Waals surface area contributed by atoms with E-state index in [4.69, 9.17) is 0 Å². The predicted molar refractivity (Wildman–Crippen MR) is 113 cm³/mol. The smallest absolute Gasteiger partial charge is 0.321 e. The van der Waals surface area contributed by atoms with Crippen molar-refractivity contribution < 1.29 is 9.59 Å². The van der Waals surface area contributed by atoms with E-state index in [1.165, 1.54) is 12.0 Å². The number of carbonyl (C=O) groups excluding carboxylic acids is 2. The van der Waals surface area contributed by atoms with Crippen LogP contribution in [0.2, 0.25) is 0 Å². The maximum atomic E-state index is 12.8. The molecular weight excluding hydrogens is 352 g/mol. The normalized spacial score (nSPS) is 18.4. The zero-order valence-corrected chi connectivity index (χ0v) is 17.5. The van der Waals surface area contributed by atoms with E-state index in [1.54, 1.807) is 0 Å². The van der Waals surface area contributed by atoms with Gasteiger partial charge in [0.15, 0.2) is 0 Å². The number of nitrogens with zero attached hydrogens (tertiary/aromatic N) is 3. The fraction of sp³-hybridized carbons (Fsp3) is 0.636. The van der Waals surface area contributed by atoms with Crippen molar-refractivity contribution in [3.63, 3.8) is 0 Å². The van der Waals surface area contributed by atoms with Crippen LogP contribution < -0.4 is 5.32 Å². The number of aryl methyl sites for hydroxylation is 1. The number of rotatable bonds is 4. The Kier molecular flexibility index (Phi) is 6.94. The highest BCUT2D eigenvalue weighted by Gasteiger charge is 2.25. The minimum atomic E-state index is -0.0433. The van der Waals surface area contributed by atoms with Crippen molar-refractivity contribution in [1.82, 2.24) is 14.7 Å². The predicted octanol–water partition coefficient (Wildman–Crippen LogP) is 3.28. The molecule has 2 fully saturated rings. The quantitative estimate of drug-likeness (QED) is 0.864. The Morgan fingerprint density at radius 1 is 0.964 bits per heavy atom. The molecule has 0 aromatic heterocycles. The fourth-order valence-electron chi connectivity index (χ4n) is 4.07. The van der Waals surface area contributed by atoms with Crippen molar-refractivity contribution in [2.45, 2.75) is 46.0 Å². The molecule has 3 amide bonds. The lowest BCUT2D eigenvalue weighted by Gasteiger charge is -2.36. The lowest BCUT2D eigenvalue weighted by atomic mass is 9.98. The zero-order chi connectivity index (χ0) is 20.1. The van der Waals surface area contributed by atoms with Gasteiger partial charge in [-0.15, -0.1) is 0 Å². The van der Waals surface area contributed by atoms with Crippen LogP contribution in [0.1, 0.15) is 50.2 Å². The number of piperidine rings is 1. The molecule has 0 radical (unpaired) electrons. The second-order valence-corrected chi connectivity index (χ2v) is 8.33. The molecule has 2 saturated heterocycles. The number of anilines is 1. The summed E-state index contributed by atoms with van der Waals surface area (Å²) < 4.78 is 0. The van der Waals surface area contributed by atoms with Crippen LogP contribution in [0, 0.1) is 6.92 Å². The van der Waals surface area contributed by atoms with Gasteiger partial charge in [0.25, 0.3) is 0 Å². The molecule has 2 aliphatic heterocycles. The van der Waals surface area contributed by atoms with E-state index >= 15 is 0 Å². The van der Waals surface area contributed by atoms with Crippen LogP contribution in [0.3, 0.4) is 0 Å². The van der Waals surface area contributed by atoms with E-state index in [1.807, 2.05) is 28.9 Å². The molecule has 0 atom stereocenters. The molecule has 6 nitrogen and oxygen atoms in total. The van der Waals surface area contributed by atoms with Crippen LogP contribution in [0.25, 0.3) is 0 Å². The molecule has 6 heteroatoms. The summed E-state index contributed by atoms with van der Waals surface area (Å²) in [6.45, 7) is 11.4. The third kappa shape index (κ3) is 5.04. The summed E-state index contributed by atoms with van der Waals surface area (Å²) in [5, 5.41) is 3.13. The van der Waals surface area contributed by atoms with Gasteiger partial charge in [0.05, 0.1) is 6.54 Å². The van der Waals surface area contributed by atoms with E-state index in [0.717, 1.165) is 50.3 Å². The van der Waals surface area contributed by atoms with Crippen molar-refractivity contribution in [2.75, 3.05) is 51.1 Å². The Labute approximate surface area is 168 Å². The molecule has 154 valence electrons. The van der Waals surface area contributed by atoms with Crippen molar-refractivity contribution in [2.24, 2.45) is 0 Å². The number of piperazine rings is 1. The Bertz CT molecular complexity index is 690. The number of hydrogen-bond acceptors (Lipinski definition) is 3. The van der Waals surface area contributed by atoms with Crippen LogP contribution in [-0.2, 0) is 4.79 Å². The molecule has 2 heterocycles. The molecule has 3 rings (SSSR count).